The number of benzene rings is 2. The number of amides is 1. The summed E-state index contributed by atoms with van der Waals surface area (Å²) in [6.45, 7) is 0.698. The molecule has 0 saturated carbocycles. The molecule has 0 aliphatic heterocycles. The van der Waals surface area contributed by atoms with Crippen molar-refractivity contribution in [2.24, 2.45) is 0 Å². The number of aromatic nitrogens is 1. The van der Waals surface area contributed by atoms with Crippen molar-refractivity contribution in [3.05, 3.63) is 66.9 Å². The standard InChI is InChI=1S/C18H18N2O/c1-19(16-8-3-2-4-9-16)18(21)12-14-20-13-11-15-7-5-6-10-17(15)20/h2-11,13H,12,14H2,1H3. The van der Waals surface area contributed by atoms with E-state index in [0.29, 0.717) is 13.0 Å². The molecule has 3 rings (SSSR count). The molecule has 3 nitrogen and oxygen atoms in total. The molecule has 0 N–H and O–H groups in total. The van der Waals surface area contributed by atoms with Gasteiger partial charge in [-0.05, 0) is 29.7 Å². The van der Waals surface area contributed by atoms with Gasteiger partial charge in [-0.2, -0.15) is 0 Å². The number of anilines is 1. The van der Waals surface area contributed by atoms with Crippen LogP contribution < -0.4 is 4.90 Å². The van der Waals surface area contributed by atoms with E-state index in [1.807, 2.05) is 55.7 Å². The van der Waals surface area contributed by atoms with E-state index in [0.717, 1.165) is 5.69 Å². The van der Waals surface area contributed by atoms with Gasteiger partial charge in [0.2, 0.25) is 5.91 Å². The van der Waals surface area contributed by atoms with Crippen LogP contribution in [0.1, 0.15) is 6.42 Å². The minimum atomic E-state index is 0.124. The van der Waals surface area contributed by atoms with Crippen LogP contribution in [0.3, 0.4) is 0 Å². The highest BCUT2D eigenvalue weighted by Gasteiger charge is 2.11. The lowest BCUT2D eigenvalue weighted by molar-refractivity contribution is -0.118. The van der Waals surface area contributed by atoms with E-state index in [-0.39, 0.29) is 5.91 Å². The van der Waals surface area contributed by atoms with Crippen molar-refractivity contribution >= 4 is 22.5 Å². The summed E-state index contributed by atoms with van der Waals surface area (Å²) >= 11 is 0. The molecular formula is C18H18N2O. The first kappa shape index (κ1) is 13.4. The highest BCUT2D eigenvalue weighted by atomic mass is 16.2. The van der Waals surface area contributed by atoms with Crippen molar-refractivity contribution in [2.45, 2.75) is 13.0 Å². The van der Waals surface area contributed by atoms with Gasteiger partial charge in [0, 0.05) is 37.4 Å². The smallest absolute Gasteiger partial charge is 0.228 e. The number of carbonyl (C=O) groups excluding carboxylic acids is 1. The zero-order valence-corrected chi connectivity index (χ0v) is 12.1. The highest BCUT2D eigenvalue weighted by molar-refractivity contribution is 5.92. The van der Waals surface area contributed by atoms with Crippen molar-refractivity contribution in [2.75, 3.05) is 11.9 Å². The van der Waals surface area contributed by atoms with Crippen LogP contribution in [0.15, 0.2) is 66.9 Å². The van der Waals surface area contributed by atoms with E-state index in [4.69, 9.17) is 0 Å². The normalized spacial score (nSPS) is 10.7. The minimum absolute atomic E-state index is 0.124. The van der Waals surface area contributed by atoms with Crippen molar-refractivity contribution < 1.29 is 4.79 Å². The lowest BCUT2D eigenvalue weighted by Gasteiger charge is -2.17. The van der Waals surface area contributed by atoms with Gasteiger partial charge in [-0.3, -0.25) is 4.79 Å². The molecule has 2 aromatic carbocycles. The third-order valence-corrected chi connectivity index (χ3v) is 3.76. The Kier molecular flexibility index (Phi) is 3.73. The average Bonchev–Trinajstić information content (AvgIpc) is 2.96. The van der Waals surface area contributed by atoms with E-state index in [9.17, 15) is 4.79 Å². The predicted molar refractivity (Wildman–Crippen MR) is 86.4 cm³/mol. The second-order valence-corrected chi connectivity index (χ2v) is 5.11. The summed E-state index contributed by atoms with van der Waals surface area (Å²) < 4.78 is 2.13. The number of hydrogen-bond acceptors (Lipinski definition) is 1. The second kappa shape index (κ2) is 5.83. The van der Waals surface area contributed by atoms with Gasteiger partial charge in [0.1, 0.15) is 0 Å². The molecule has 1 aromatic heterocycles. The summed E-state index contributed by atoms with van der Waals surface area (Å²) in [5, 5.41) is 1.21. The van der Waals surface area contributed by atoms with Gasteiger partial charge >= 0.3 is 0 Å². The Morgan fingerprint density at radius 3 is 2.52 bits per heavy atom. The zero-order valence-electron chi connectivity index (χ0n) is 12.1. The fourth-order valence-corrected chi connectivity index (χ4v) is 2.51. The molecule has 1 heterocycles. The lowest BCUT2D eigenvalue weighted by Crippen LogP contribution is -2.26. The Bertz CT molecular complexity index is 746. The number of aryl methyl sites for hydroxylation is 1. The number of hydrogen-bond donors (Lipinski definition) is 0. The molecular weight excluding hydrogens is 260 g/mol. The summed E-state index contributed by atoms with van der Waals surface area (Å²) in [5.74, 6) is 0.124. The maximum atomic E-state index is 12.3. The van der Waals surface area contributed by atoms with Crippen molar-refractivity contribution in [3.63, 3.8) is 0 Å². The number of rotatable bonds is 4. The fourth-order valence-electron chi connectivity index (χ4n) is 2.51. The highest BCUT2D eigenvalue weighted by Crippen LogP contribution is 2.16. The third-order valence-electron chi connectivity index (χ3n) is 3.76. The Balaban J connectivity index is 1.69. The molecule has 106 valence electrons. The summed E-state index contributed by atoms with van der Waals surface area (Å²) in [4.78, 5) is 14.0. The molecule has 3 aromatic rings. The number of para-hydroxylation sites is 2. The van der Waals surface area contributed by atoms with Crippen molar-refractivity contribution in [3.8, 4) is 0 Å². The van der Waals surface area contributed by atoms with Crippen LogP contribution in [-0.2, 0) is 11.3 Å². The van der Waals surface area contributed by atoms with E-state index in [1.165, 1.54) is 10.9 Å². The molecule has 0 aliphatic carbocycles. The first-order valence-corrected chi connectivity index (χ1v) is 7.11. The largest absolute Gasteiger partial charge is 0.347 e. The summed E-state index contributed by atoms with van der Waals surface area (Å²) in [7, 11) is 1.82. The van der Waals surface area contributed by atoms with Crippen LogP contribution in [0.25, 0.3) is 10.9 Å². The quantitative estimate of drug-likeness (QED) is 0.714. The molecule has 0 saturated heterocycles. The third kappa shape index (κ3) is 2.82. The summed E-state index contributed by atoms with van der Waals surface area (Å²) in [6.07, 6.45) is 2.53. The van der Waals surface area contributed by atoms with Gasteiger partial charge in [-0.15, -0.1) is 0 Å². The van der Waals surface area contributed by atoms with Crippen molar-refractivity contribution in [1.29, 1.82) is 0 Å². The molecule has 0 fully saturated rings. The predicted octanol–water partition coefficient (Wildman–Crippen LogP) is 3.69. The second-order valence-electron chi connectivity index (χ2n) is 5.11. The molecule has 0 aliphatic rings. The lowest BCUT2D eigenvalue weighted by atomic mass is 10.2. The molecule has 0 atom stereocenters. The summed E-state index contributed by atoms with van der Waals surface area (Å²) in [6, 6.07) is 20.0. The molecule has 1 amide bonds. The topological polar surface area (TPSA) is 25.2 Å². The van der Waals surface area contributed by atoms with Gasteiger partial charge in [0.25, 0.3) is 0 Å². The van der Waals surface area contributed by atoms with Gasteiger partial charge in [0.05, 0.1) is 0 Å². The Morgan fingerprint density at radius 1 is 1.00 bits per heavy atom. The fraction of sp³-hybridized carbons (Fsp3) is 0.167. The van der Waals surface area contributed by atoms with E-state index in [1.54, 1.807) is 4.90 Å². The maximum absolute atomic E-state index is 12.3. The molecule has 3 heteroatoms. The van der Waals surface area contributed by atoms with Crippen LogP contribution in [0.5, 0.6) is 0 Å². The Morgan fingerprint density at radius 2 is 1.71 bits per heavy atom. The first-order valence-electron chi connectivity index (χ1n) is 7.11. The van der Waals surface area contributed by atoms with Crippen LogP contribution in [0.4, 0.5) is 5.69 Å². The SMILES string of the molecule is CN(C(=O)CCn1ccc2ccccc21)c1ccccc1. The monoisotopic (exact) mass is 278 g/mol. The van der Waals surface area contributed by atoms with E-state index < -0.39 is 0 Å². The Hall–Kier alpha value is -2.55. The Labute approximate surface area is 124 Å². The first-order chi connectivity index (χ1) is 10.3. The van der Waals surface area contributed by atoms with E-state index >= 15 is 0 Å². The number of carbonyl (C=O) groups is 1. The van der Waals surface area contributed by atoms with Crippen molar-refractivity contribution in [1.82, 2.24) is 4.57 Å². The van der Waals surface area contributed by atoms with Crippen LogP contribution >= 0.6 is 0 Å². The van der Waals surface area contributed by atoms with Gasteiger partial charge in [0.15, 0.2) is 0 Å². The van der Waals surface area contributed by atoms with Crippen LogP contribution in [0.2, 0.25) is 0 Å². The van der Waals surface area contributed by atoms with Crippen LogP contribution in [-0.4, -0.2) is 17.5 Å². The summed E-state index contributed by atoms with van der Waals surface area (Å²) in [5.41, 5.74) is 2.10. The van der Waals surface area contributed by atoms with Crippen LogP contribution in [0, 0.1) is 0 Å². The average molecular weight is 278 g/mol. The van der Waals surface area contributed by atoms with E-state index in [2.05, 4.69) is 22.8 Å². The van der Waals surface area contributed by atoms with Gasteiger partial charge < -0.3 is 9.47 Å². The molecule has 0 unspecified atom stereocenters. The van der Waals surface area contributed by atoms with Gasteiger partial charge in [-0.1, -0.05) is 36.4 Å². The zero-order chi connectivity index (χ0) is 14.7. The minimum Gasteiger partial charge on any atom is -0.347 e. The maximum Gasteiger partial charge on any atom is 0.228 e. The number of nitrogens with zero attached hydrogens (tertiary/aromatic N) is 2. The molecule has 0 bridgehead atoms. The van der Waals surface area contributed by atoms with Gasteiger partial charge in [-0.25, -0.2) is 0 Å². The molecule has 0 radical (unpaired) electrons. The molecule has 21 heavy (non-hydrogen) atoms. The number of fused-ring (bicyclic) bond motifs is 1. The molecule has 0 spiro atoms.